The number of hydrogen-bond donors (Lipinski definition) is 0. The van der Waals surface area contributed by atoms with Crippen molar-refractivity contribution in [2.24, 2.45) is 0 Å². The van der Waals surface area contributed by atoms with Crippen LogP contribution >= 0.6 is 0 Å². The van der Waals surface area contributed by atoms with Crippen LogP contribution in [0, 0.1) is 0 Å². The highest BCUT2D eigenvalue weighted by Crippen LogP contribution is 2.04. The molecule has 0 aliphatic rings. The first kappa shape index (κ1) is 11.3. The van der Waals surface area contributed by atoms with Gasteiger partial charge in [-0.2, -0.15) is 9.78 Å². The Balaban J connectivity index is 2.24. The molecule has 17 heavy (non-hydrogen) atoms. The average Bonchev–Trinajstić information content (AvgIpc) is 2.38. The first-order chi connectivity index (χ1) is 8.31. The molecule has 0 amide bonds. The van der Waals surface area contributed by atoms with Crippen molar-refractivity contribution in [1.29, 1.82) is 0 Å². The van der Waals surface area contributed by atoms with Gasteiger partial charge in [0.25, 0.3) is 5.56 Å². The van der Waals surface area contributed by atoms with Crippen molar-refractivity contribution in [1.82, 2.24) is 19.7 Å². The minimum atomic E-state index is -0.224. The molecule has 0 fully saturated rings. The summed E-state index contributed by atoms with van der Waals surface area (Å²) in [5, 5.41) is 3.92. The van der Waals surface area contributed by atoms with E-state index in [0.717, 1.165) is 6.42 Å². The Labute approximate surface area is 97.9 Å². The van der Waals surface area contributed by atoms with E-state index in [0.29, 0.717) is 18.3 Å². The molecule has 2 rings (SSSR count). The van der Waals surface area contributed by atoms with Gasteiger partial charge in [0.05, 0.1) is 19.0 Å². The fourth-order valence-corrected chi connectivity index (χ4v) is 1.24. The van der Waals surface area contributed by atoms with Crippen LogP contribution < -0.4 is 10.3 Å². The average molecular weight is 232 g/mol. The first-order valence-corrected chi connectivity index (χ1v) is 5.31. The van der Waals surface area contributed by atoms with Gasteiger partial charge in [-0.25, -0.2) is 9.97 Å². The summed E-state index contributed by atoms with van der Waals surface area (Å²) in [5.74, 6) is 0. The van der Waals surface area contributed by atoms with Crippen molar-refractivity contribution in [3.8, 4) is 11.7 Å². The molecule has 0 radical (unpaired) electrons. The van der Waals surface area contributed by atoms with Crippen LogP contribution in [0.5, 0.6) is 6.01 Å². The standard InChI is InChI=1S/C11H12N4O2/c1-2-6-17-11-12-7-9(8-13-11)15-10(16)4-3-5-14-15/h3-5,7-8H,2,6H2,1H3. The zero-order valence-corrected chi connectivity index (χ0v) is 9.41. The van der Waals surface area contributed by atoms with Crippen molar-refractivity contribution >= 4 is 0 Å². The van der Waals surface area contributed by atoms with Gasteiger partial charge < -0.3 is 4.74 Å². The summed E-state index contributed by atoms with van der Waals surface area (Å²) in [5.41, 5.74) is 0.290. The second kappa shape index (κ2) is 5.20. The fourth-order valence-electron chi connectivity index (χ4n) is 1.24. The molecule has 0 unspecified atom stereocenters. The van der Waals surface area contributed by atoms with E-state index in [4.69, 9.17) is 4.74 Å². The maximum Gasteiger partial charge on any atom is 0.316 e. The van der Waals surface area contributed by atoms with Crippen molar-refractivity contribution in [3.05, 3.63) is 41.1 Å². The Morgan fingerprint density at radius 3 is 2.76 bits per heavy atom. The van der Waals surface area contributed by atoms with Crippen molar-refractivity contribution in [2.45, 2.75) is 13.3 Å². The summed E-state index contributed by atoms with van der Waals surface area (Å²) in [6.45, 7) is 2.57. The summed E-state index contributed by atoms with van der Waals surface area (Å²) in [6, 6.07) is 3.31. The van der Waals surface area contributed by atoms with Gasteiger partial charge in [-0.05, 0) is 12.5 Å². The first-order valence-electron chi connectivity index (χ1n) is 5.31. The molecular formula is C11H12N4O2. The Morgan fingerprint density at radius 1 is 1.35 bits per heavy atom. The summed E-state index contributed by atoms with van der Waals surface area (Å²) in [6.07, 6.45) is 5.44. The molecular weight excluding hydrogens is 220 g/mol. The predicted molar refractivity (Wildman–Crippen MR) is 61.2 cm³/mol. The highest BCUT2D eigenvalue weighted by atomic mass is 16.5. The number of ether oxygens (including phenoxy) is 1. The molecule has 0 aliphatic heterocycles. The molecule has 2 heterocycles. The van der Waals surface area contributed by atoms with Crippen molar-refractivity contribution in [3.63, 3.8) is 0 Å². The van der Waals surface area contributed by atoms with Gasteiger partial charge in [-0.15, -0.1) is 0 Å². The van der Waals surface area contributed by atoms with Crippen LogP contribution in [0.1, 0.15) is 13.3 Å². The third kappa shape index (κ3) is 2.66. The lowest BCUT2D eigenvalue weighted by atomic mass is 10.5. The van der Waals surface area contributed by atoms with E-state index in [1.807, 2.05) is 6.92 Å². The summed E-state index contributed by atoms with van der Waals surface area (Å²) >= 11 is 0. The third-order valence-corrected chi connectivity index (χ3v) is 2.01. The largest absolute Gasteiger partial charge is 0.463 e. The minimum absolute atomic E-state index is 0.224. The Hall–Kier alpha value is -2.24. The molecule has 0 aromatic carbocycles. The molecule has 6 nitrogen and oxygen atoms in total. The second-order valence-electron chi connectivity index (χ2n) is 3.35. The summed E-state index contributed by atoms with van der Waals surface area (Å²) in [4.78, 5) is 19.5. The summed E-state index contributed by atoms with van der Waals surface area (Å²) in [7, 11) is 0. The van der Waals surface area contributed by atoms with Gasteiger partial charge >= 0.3 is 6.01 Å². The van der Waals surface area contributed by atoms with Gasteiger partial charge in [-0.1, -0.05) is 6.92 Å². The maximum absolute atomic E-state index is 11.5. The lowest BCUT2D eigenvalue weighted by molar-refractivity contribution is 0.292. The van der Waals surface area contributed by atoms with Crippen LogP contribution in [0.25, 0.3) is 5.69 Å². The smallest absolute Gasteiger partial charge is 0.316 e. The predicted octanol–water partition coefficient (Wildman–Crippen LogP) is 0.811. The van der Waals surface area contributed by atoms with Gasteiger partial charge in [-0.3, -0.25) is 4.79 Å². The van der Waals surface area contributed by atoms with E-state index >= 15 is 0 Å². The lowest BCUT2D eigenvalue weighted by Crippen LogP contribution is -2.19. The highest BCUT2D eigenvalue weighted by Gasteiger charge is 2.02. The van der Waals surface area contributed by atoms with Gasteiger partial charge in [0, 0.05) is 12.3 Å². The molecule has 2 aromatic heterocycles. The van der Waals surface area contributed by atoms with Crippen LogP contribution in [0.15, 0.2) is 35.5 Å². The van der Waals surface area contributed by atoms with Crippen molar-refractivity contribution < 1.29 is 4.74 Å². The molecule has 0 atom stereocenters. The lowest BCUT2D eigenvalue weighted by Gasteiger charge is -2.04. The SMILES string of the molecule is CCCOc1ncc(-n2ncccc2=O)cn1. The molecule has 2 aromatic rings. The quantitative estimate of drug-likeness (QED) is 0.780. The normalized spacial score (nSPS) is 10.2. The molecule has 0 aliphatic carbocycles. The zero-order chi connectivity index (χ0) is 12.1. The van der Waals surface area contributed by atoms with E-state index < -0.39 is 0 Å². The molecule has 6 heteroatoms. The zero-order valence-electron chi connectivity index (χ0n) is 9.41. The number of aromatic nitrogens is 4. The molecule has 0 N–H and O–H groups in total. The topological polar surface area (TPSA) is 69.9 Å². The molecule has 0 bridgehead atoms. The molecule has 88 valence electrons. The second-order valence-corrected chi connectivity index (χ2v) is 3.35. The van der Waals surface area contributed by atoms with E-state index in [9.17, 15) is 4.79 Å². The van der Waals surface area contributed by atoms with E-state index in [1.165, 1.54) is 29.3 Å². The Morgan fingerprint density at radius 2 is 2.12 bits per heavy atom. The minimum Gasteiger partial charge on any atom is -0.463 e. The number of rotatable bonds is 4. The van der Waals surface area contributed by atoms with Gasteiger partial charge in [0.1, 0.15) is 5.69 Å². The molecule has 0 spiro atoms. The van der Waals surface area contributed by atoms with E-state index in [2.05, 4.69) is 15.1 Å². The van der Waals surface area contributed by atoms with Gasteiger partial charge in [0.2, 0.25) is 0 Å². The maximum atomic E-state index is 11.5. The Kier molecular flexibility index (Phi) is 3.44. The Bertz CT molecular complexity index is 536. The van der Waals surface area contributed by atoms with Crippen molar-refractivity contribution in [2.75, 3.05) is 6.61 Å². The van der Waals surface area contributed by atoms with Crippen LogP contribution in [0.3, 0.4) is 0 Å². The number of nitrogens with zero attached hydrogens (tertiary/aromatic N) is 4. The van der Waals surface area contributed by atoms with E-state index in [-0.39, 0.29) is 5.56 Å². The van der Waals surface area contributed by atoms with E-state index in [1.54, 1.807) is 6.07 Å². The monoisotopic (exact) mass is 232 g/mol. The molecule has 0 saturated carbocycles. The van der Waals surface area contributed by atoms with Crippen LogP contribution in [-0.4, -0.2) is 26.4 Å². The molecule has 0 saturated heterocycles. The highest BCUT2D eigenvalue weighted by molar-refractivity contribution is 5.24. The summed E-state index contributed by atoms with van der Waals surface area (Å²) < 4.78 is 6.47. The number of hydrogen-bond acceptors (Lipinski definition) is 5. The van der Waals surface area contributed by atoms with Gasteiger partial charge in [0.15, 0.2) is 0 Å². The van der Waals surface area contributed by atoms with Crippen LogP contribution in [0.4, 0.5) is 0 Å². The van der Waals surface area contributed by atoms with Crippen LogP contribution in [-0.2, 0) is 0 Å². The third-order valence-electron chi connectivity index (χ3n) is 2.01. The fraction of sp³-hybridized carbons (Fsp3) is 0.273. The van der Waals surface area contributed by atoms with Crippen LogP contribution in [0.2, 0.25) is 0 Å².